The Kier molecular flexibility index (Phi) is 6.08. The van der Waals surface area contributed by atoms with Crippen LogP contribution in [0.2, 0.25) is 0 Å². The van der Waals surface area contributed by atoms with Gasteiger partial charge in [-0.1, -0.05) is 18.2 Å². The fourth-order valence-corrected chi connectivity index (χ4v) is 3.19. The summed E-state index contributed by atoms with van der Waals surface area (Å²) in [5, 5.41) is 3.63. The Labute approximate surface area is 148 Å². The first kappa shape index (κ1) is 16.8. The van der Waals surface area contributed by atoms with Crippen LogP contribution in [0.1, 0.15) is 37.1 Å². The minimum atomic E-state index is 0.265. The molecule has 0 fully saturated rings. The maximum atomic E-state index is 5.27. The van der Waals surface area contributed by atoms with E-state index < -0.39 is 0 Å². The van der Waals surface area contributed by atoms with Crippen molar-refractivity contribution >= 4 is 38.5 Å². The summed E-state index contributed by atoms with van der Waals surface area (Å²) in [5.74, 6) is 0.858. The van der Waals surface area contributed by atoms with Crippen molar-refractivity contribution in [1.82, 2.24) is 5.32 Å². The van der Waals surface area contributed by atoms with Gasteiger partial charge in [-0.2, -0.15) is 0 Å². The Morgan fingerprint density at radius 3 is 2.14 bits per heavy atom. The topological polar surface area (TPSA) is 21.3 Å². The second-order valence-corrected chi connectivity index (χ2v) is 7.16. The number of hydrogen-bond donors (Lipinski definition) is 1. The van der Waals surface area contributed by atoms with Gasteiger partial charge in [-0.05, 0) is 87.8 Å². The summed E-state index contributed by atoms with van der Waals surface area (Å²) in [6.07, 6.45) is 0. The van der Waals surface area contributed by atoms with Crippen LogP contribution in [0.5, 0.6) is 5.75 Å². The van der Waals surface area contributed by atoms with Gasteiger partial charge < -0.3 is 10.1 Å². The second kappa shape index (κ2) is 7.61. The lowest BCUT2D eigenvalue weighted by Gasteiger charge is -2.21. The number of ether oxygens (including phenoxy) is 1. The van der Waals surface area contributed by atoms with E-state index in [1.165, 1.54) is 14.7 Å². The number of hydrogen-bond acceptors (Lipinski definition) is 2. The van der Waals surface area contributed by atoms with E-state index in [-0.39, 0.29) is 6.04 Å². The molecule has 112 valence electrons. The van der Waals surface area contributed by atoms with Crippen molar-refractivity contribution in [2.75, 3.05) is 7.11 Å². The summed E-state index contributed by atoms with van der Waals surface area (Å²) in [7, 11) is 1.68. The molecule has 0 radical (unpaired) electrons. The van der Waals surface area contributed by atoms with Crippen LogP contribution < -0.4 is 10.1 Å². The van der Waals surface area contributed by atoms with Crippen molar-refractivity contribution in [1.29, 1.82) is 0 Å². The largest absolute Gasteiger partial charge is 0.496 e. The van der Waals surface area contributed by atoms with Crippen LogP contribution in [0.3, 0.4) is 0 Å². The van der Waals surface area contributed by atoms with E-state index in [1.54, 1.807) is 7.11 Å². The minimum absolute atomic E-state index is 0.265. The smallest absolute Gasteiger partial charge is 0.133 e. The molecule has 0 amide bonds. The van der Waals surface area contributed by atoms with Gasteiger partial charge in [0.15, 0.2) is 0 Å². The van der Waals surface area contributed by atoms with E-state index in [1.807, 2.05) is 6.07 Å². The van der Waals surface area contributed by atoms with Crippen molar-refractivity contribution < 1.29 is 4.74 Å². The van der Waals surface area contributed by atoms with Gasteiger partial charge in [0, 0.05) is 15.7 Å². The third-order valence-corrected chi connectivity index (χ3v) is 4.88. The first-order valence-corrected chi connectivity index (χ1v) is 8.73. The highest BCUT2D eigenvalue weighted by molar-refractivity contribution is 14.1. The highest BCUT2D eigenvalue weighted by Crippen LogP contribution is 2.29. The Balaban J connectivity index is 2.08. The molecule has 0 saturated carbocycles. The van der Waals surface area contributed by atoms with Gasteiger partial charge in [0.05, 0.1) is 11.6 Å². The van der Waals surface area contributed by atoms with Crippen LogP contribution in [-0.2, 0) is 0 Å². The molecule has 0 aliphatic carbocycles. The normalized spacial score (nSPS) is 13.8. The summed E-state index contributed by atoms with van der Waals surface area (Å²) in [4.78, 5) is 0. The fourth-order valence-electron chi connectivity index (χ4n) is 2.27. The molecule has 2 nitrogen and oxygen atoms in total. The molecule has 0 saturated heterocycles. The molecule has 0 aliphatic heterocycles. The van der Waals surface area contributed by atoms with Crippen molar-refractivity contribution in [3.05, 3.63) is 61.6 Å². The molecule has 0 heterocycles. The quantitative estimate of drug-likeness (QED) is 0.598. The maximum Gasteiger partial charge on any atom is 0.133 e. The average Bonchev–Trinajstić information content (AvgIpc) is 2.47. The summed E-state index contributed by atoms with van der Waals surface area (Å²) in [6, 6.07) is 15.4. The van der Waals surface area contributed by atoms with E-state index >= 15 is 0 Å². The summed E-state index contributed by atoms with van der Waals surface area (Å²) in [6.45, 7) is 4.37. The Bertz CT molecular complexity index is 600. The summed E-state index contributed by atoms with van der Waals surface area (Å²) >= 11 is 5.87. The van der Waals surface area contributed by atoms with Gasteiger partial charge in [0.1, 0.15) is 5.75 Å². The van der Waals surface area contributed by atoms with Crippen molar-refractivity contribution in [2.45, 2.75) is 25.9 Å². The summed E-state index contributed by atoms with van der Waals surface area (Å²) in [5.41, 5.74) is 2.54. The van der Waals surface area contributed by atoms with Crippen LogP contribution in [0.4, 0.5) is 0 Å². The van der Waals surface area contributed by atoms with Crippen LogP contribution in [0, 0.1) is 3.57 Å². The number of nitrogens with one attached hydrogen (secondary N) is 1. The lowest BCUT2D eigenvalue weighted by molar-refractivity contribution is 0.411. The van der Waals surface area contributed by atoms with Gasteiger partial charge in [0.25, 0.3) is 0 Å². The molecule has 1 N–H and O–H groups in total. The molecular weight excluding hydrogens is 441 g/mol. The third-order valence-electron chi connectivity index (χ3n) is 3.55. The predicted molar refractivity (Wildman–Crippen MR) is 99.8 cm³/mol. The molecule has 0 spiro atoms. The first-order chi connectivity index (χ1) is 10.0. The second-order valence-electron chi connectivity index (χ2n) is 5.06. The zero-order valence-electron chi connectivity index (χ0n) is 12.4. The zero-order valence-corrected chi connectivity index (χ0v) is 16.1. The van der Waals surface area contributed by atoms with E-state index in [4.69, 9.17) is 4.74 Å². The van der Waals surface area contributed by atoms with Gasteiger partial charge in [0.2, 0.25) is 0 Å². The van der Waals surface area contributed by atoms with Crippen LogP contribution >= 0.6 is 38.5 Å². The van der Waals surface area contributed by atoms with E-state index in [0.29, 0.717) is 6.04 Å². The number of benzene rings is 2. The highest BCUT2D eigenvalue weighted by Gasteiger charge is 2.12. The standard InChI is InChI=1S/C17H19BrINO/c1-11(13-4-7-15(19)8-5-13)20-12(2)14-6-9-17(21-3)16(18)10-14/h4-12,20H,1-3H3. The molecule has 0 aliphatic rings. The Morgan fingerprint density at radius 1 is 1.00 bits per heavy atom. The number of halogens is 2. The minimum Gasteiger partial charge on any atom is -0.496 e. The van der Waals surface area contributed by atoms with Gasteiger partial charge in [-0.25, -0.2) is 0 Å². The molecule has 2 atom stereocenters. The van der Waals surface area contributed by atoms with Crippen LogP contribution in [0.25, 0.3) is 0 Å². The zero-order chi connectivity index (χ0) is 15.4. The van der Waals surface area contributed by atoms with Gasteiger partial charge in [-0.3, -0.25) is 0 Å². The maximum absolute atomic E-state index is 5.27. The van der Waals surface area contributed by atoms with E-state index in [0.717, 1.165) is 10.2 Å². The Hall–Kier alpha value is -0.590. The molecule has 4 heteroatoms. The van der Waals surface area contributed by atoms with E-state index in [9.17, 15) is 0 Å². The lowest BCUT2D eigenvalue weighted by atomic mass is 10.0. The van der Waals surface area contributed by atoms with Crippen molar-refractivity contribution in [3.8, 4) is 5.75 Å². The lowest BCUT2D eigenvalue weighted by Crippen LogP contribution is -2.22. The van der Waals surface area contributed by atoms with Crippen molar-refractivity contribution in [2.24, 2.45) is 0 Å². The third kappa shape index (κ3) is 4.44. The monoisotopic (exact) mass is 459 g/mol. The first-order valence-electron chi connectivity index (χ1n) is 6.86. The molecule has 2 aromatic rings. The summed E-state index contributed by atoms with van der Waals surface area (Å²) < 4.78 is 7.52. The SMILES string of the molecule is COc1ccc(C(C)NC(C)c2ccc(I)cc2)cc1Br. The van der Waals surface area contributed by atoms with Crippen LogP contribution in [-0.4, -0.2) is 7.11 Å². The van der Waals surface area contributed by atoms with Gasteiger partial charge >= 0.3 is 0 Å². The molecule has 0 aromatic heterocycles. The van der Waals surface area contributed by atoms with Gasteiger partial charge in [-0.15, -0.1) is 0 Å². The van der Waals surface area contributed by atoms with Crippen molar-refractivity contribution in [3.63, 3.8) is 0 Å². The van der Waals surface area contributed by atoms with Crippen LogP contribution in [0.15, 0.2) is 46.9 Å². The molecule has 2 unspecified atom stereocenters. The van der Waals surface area contributed by atoms with E-state index in [2.05, 4.69) is 94.1 Å². The number of rotatable bonds is 5. The Morgan fingerprint density at radius 2 is 1.57 bits per heavy atom. The predicted octanol–water partition coefficient (Wildman–Crippen LogP) is 5.47. The average molecular weight is 460 g/mol. The fraction of sp³-hybridized carbons (Fsp3) is 0.294. The molecule has 2 rings (SSSR count). The highest BCUT2D eigenvalue weighted by atomic mass is 127. The number of methoxy groups -OCH3 is 1. The molecule has 0 bridgehead atoms. The molecule has 21 heavy (non-hydrogen) atoms. The molecular formula is C17H19BrINO. The molecule has 2 aromatic carbocycles.